The summed E-state index contributed by atoms with van der Waals surface area (Å²) >= 11 is 0. The SMILES string of the molecule is CCC(C)CCCC(C)CCCC(C)CCCC(C)NC. The number of rotatable bonds is 14. The third-order valence-electron chi connectivity index (χ3n) is 5.31. The van der Waals surface area contributed by atoms with Crippen molar-refractivity contribution in [2.75, 3.05) is 7.05 Å². The smallest absolute Gasteiger partial charge is 0.00357 e. The Balaban J connectivity index is 3.46. The fourth-order valence-electron chi connectivity index (χ4n) is 3.04. The molecule has 0 heterocycles. The molecule has 0 amide bonds. The zero-order valence-electron chi connectivity index (χ0n) is 15.9. The highest BCUT2D eigenvalue weighted by Gasteiger charge is 2.07. The van der Waals surface area contributed by atoms with Crippen LogP contribution in [0.15, 0.2) is 0 Å². The third kappa shape index (κ3) is 13.4. The van der Waals surface area contributed by atoms with Crippen molar-refractivity contribution >= 4 is 0 Å². The van der Waals surface area contributed by atoms with E-state index in [-0.39, 0.29) is 0 Å². The molecule has 21 heavy (non-hydrogen) atoms. The zero-order valence-corrected chi connectivity index (χ0v) is 15.9. The maximum atomic E-state index is 3.33. The number of hydrogen-bond donors (Lipinski definition) is 1. The highest BCUT2D eigenvalue weighted by Crippen LogP contribution is 2.22. The molecular weight excluding hydrogens is 254 g/mol. The molecule has 0 aromatic rings. The van der Waals surface area contributed by atoms with E-state index in [2.05, 4.69) is 47.0 Å². The lowest BCUT2D eigenvalue weighted by molar-refractivity contribution is 0.377. The van der Waals surface area contributed by atoms with Gasteiger partial charge < -0.3 is 5.32 Å². The Morgan fingerprint density at radius 1 is 0.619 bits per heavy atom. The predicted octanol–water partition coefficient (Wildman–Crippen LogP) is 6.42. The Morgan fingerprint density at radius 2 is 1.00 bits per heavy atom. The molecule has 0 fully saturated rings. The lowest BCUT2D eigenvalue weighted by atomic mass is 9.91. The van der Waals surface area contributed by atoms with Crippen LogP contribution in [0.5, 0.6) is 0 Å². The highest BCUT2D eigenvalue weighted by atomic mass is 14.8. The second-order valence-corrected chi connectivity index (χ2v) is 7.71. The van der Waals surface area contributed by atoms with Gasteiger partial charge in [-0.1, -0.05) is 85.5 Å². The van der Waals surface area contributed by atoms with Crippen LogP contribution in [0, 0.1) is 17.8 Å². The molecule has 0 aliphatic rings. The monoisotopic (exact) mass is 297 g/mol. The van der Waals surface area contributed by atoms with E-state index >= 15 is 0 Å². The molecule has 1 nitrogen and oxygen atoms in total. The van der Waals surface area contributed by atoms with E-state index in [0.29, 0.717) is 6.04 Å². The summed E-state index contributed by atoms with van der Waals surface area (Å²) < 4.78 is 0. The minimum atomic E-state index is 0.683. The average molecular weight is 298 g/mol. The molecule has 0 bridgehead atoms. The summed E-state index contributed by atoms with van der Waals surface area (Å²) in [6.07, 6.45) is 14.1. The Labute approximate surface area is 135 Å². The van der Waals surface area contributed by atoms with E-state index in [1.165, 1.54) is 64.2 Å². The Morgan fingerprint density at radius 3 is 1.38 bits per heavy atom. The van der Waals surface area contributed by atoms with Crippen LogP contribution in [0.2, 0.25) is 0 Å². The van der Waals surface area contributed by atoms with Crippen LogP contribution >= 0.6 is 0 Å². The average Bonchev–Trinajstić information content (AvgIpc) is 2.46. The minimum Gasteiger partial charge on any atom is -0.317 e. The van der Waals surface area contributed by atoms with Gasteiger partial charge in [0.25, 0.3) is 0 Å². The van der Waals surface area contributed by atoms with E-state index < -0.39 is 0 Å². The molecule has 0 aromatic carbocycles. The van der Waals surface area contributed by atoms with Crippen LogP contribution < -0.4 is 5.32 Å². The van der Waals surface area contributed by atoms with Gasteiger partial charge in [-0.15, -0.1) is 0 Å². The summed E-state index contributed by atoms with van der Waals surface area (Å²) in [6, 6.07) is 0.683. The van der Waals surface area contributed by atoms with Crippen molar-refractivity contribution in [1.29, 1.82) is 0 Å². The van der Waals surface area contributed by atoms with Crippen LogP contribution in [-0.4, -0.2) is 13.1 Å². The quantitative estimate of drug-likeness (QED) is 0.390. The first-order valence-electron chi connectivity index (χ1n) is 9.66. The normalized spacial score (nSPS) is 17.4. The van der Waals surface area contributed by atoms with Crippen molar-refractivity contribution in [3.63, 3.8) is 0 Å². The van der Waals surface area contributed by atoms with E-state index in [9.17, 15) is 0 Å². The van der Waals surface area contributed by atoms with Crippen molar-refractivity contribution < 1.29 is 0 Å². The molecule has 0 aliphatic carbocycles. The summed E-state index contributed by atoms with van der Waals surface area (Å²) in [7, 11) is 2.07. The fraction of sp³-hybridized carbons (Fsp3) is 1.00. The minimum absolute atomic E-state index is 0.683. The van der Waals surface area contributed by atoms with Gasteiger partial charge in [-0.05, 0) is 38.1 Å². The Bertz CT molecular complexity index is 192. The van der Waals surface area contributed by atoms with Crippen molar-refractivity contribution in [3.8, 4) is 0 Å². The summed E-state index contributed by atoms with van der Waals surface area (Å²) in [5, 5.41) is 3.33. The molecule has 1 N–H and O–H groups in total. The molecule has 4 unspecified atom stereocenters. The van der Waals surface area contributed by atoms with Crippen LogP contribution in [0.3, 0.4) is 0 Å². The first kappa shape index (κ1) is 21.0. The van der Waals surface area contributed by atoms with Gasteiger partial charge in [0.15, 0.2) is 0 Å². The van der Waals surface area contributed by atoms with E-state index in [0.717, 1.165) is 17.8 Å². The van der Waals surface area contributed by atoms with Crippen LogP contribution in [0.4, 0.5) is 0 Å². The number of nitrogens with one attached hydrogen (secondary N) is 1. The molecule has 0 aromatic heterocycles. The van der Waals surface area contributed by atoms with Crippen LogP contribution in [0.1, 0.15) is 98.8 Å². The van der Waals surface area contributed by atoms with Gasteiger partial charge in [0, 0.05) is 6.04 Å². The molecule has 128 valence electrons. The van der Waals surface area contributed by atoms with Gasteiger partial charge in [0.1, 0.15) is 0 Å². The van der Waals surface area contributed by atoms with Gasteiger partial charge in [-0.2, -0.15) is 0 Å². The molecule has 1 heteroatoms. The zero-order chi connectivity index (χ0) is 16.1. The Hall–Kier alpha value is -0.0400. The van der Waals surface area contributed by atoms with Crippen LogP contribution in [-0.2, 0) is 0 Å². The van der Waals surface area contributed by atoms with Crippen molar-refractivity contribution in [2.24, 2.45) is 17.8 Å². The largest absolute Gasteiger partial charge is 0.317 e. The first-order chi connectivity index (χ1) is 9.99. The molecule has 4 atom stereocenters. The lowest BCUT2D eigenvalue weighted by Crippen LogP contribution is -2.20. The second kappa shape index (κ2) is 13.6. The third-order valence-corrected chi connectivity index (χ3v) is 5.31. The Kier molecular flexibility index (Phi) is 13.6. The maximum Gasteiger partial charge on any atom is 0.00357 e. The van der Waals surface area contributed by atoms with E-state index in [4.69, 9.17) is 0 Å². The summed E-state index contributed by atoms with van der Waals surface area (Å²) in [5.41, 5.74) is 0. The van der Waals surface area contributed by atoms with Gasteiger partial charge in [-0.3, -0.25) is 0 Å². The van der Waals surface area contributed by atoms with Gasteiger partial charge in [0.05, 0.1) is 0 Å². The van der Waals surface area contributed by atoms with Crippen molar-refractivity contribution in [3.05, 3.63) is 0 Å². The molecule has 0 radical (unpaired) electrons. The summed E-state index contributed by atoms with van der Waals surface area (Å²) in [4.78, 5) is 0. The second-order valence-electron chi connectivity index (χ2n) is 7.71. The van der Waals surface area contributed by atoms with Crippen molar-refractivity contribution in [2.45, 2.75) is 105 Å². The highest BCUT2D eigenvalue weighted by molar-refractivity contribution is 4.62. The molecule has 0 saturated carbocycles. The molecular formula is C20H43N. The fourth-order valence-corrected chi connectivity index (χ4v) is 3.04. The molecule has 0 aliphatic heterocycles. The lowest BCUT2D eigenvalue weighted by Gasteiger charge is -2.16. The van der Waals surface area contributed by atoms with E-state index in [1.807, 2.05) is 0 Å². The number of hydrogen-bond acceptors (Lipinski definition) is 1. The van der Waals surface area contributed by atoms with Crippen LogP contribution in [0.25, 0.3) is 0 Å². The van der Waals surface area contributed by atoms with Gasteiger partial charge >= 0.3 is 0 Å². The summed E-state index contributed by atoms with van der Waals surface area (Å²) in [5.74, 6) is 2.78. The predicted molar refractivity (Wildman–Crippen MR) is 97.9 cm³/mol. The molecule has 0 spiro atoms. The van der Waals surface area contributed by atoms with Crippen molar-refractivity contribution in [1.82, 2.24) is 5.32 Å². The van der Waals surface area contributed by atoms with E-state index in [1.54, 1.807) is 0 Å². The first-order valence-corrected chi connectivity index (χ1v) is 9.66. The molecule has 0 saturated heterocycles. The molecule has 0 rings (SSSR count). The van der Waals surface area contributed by atoms with Gasteiger partial charge in [0.2, 0.25) is 0 Å². The summed E-state index contributed by atoms with van der Waals surface area (Å²) in [6.45, 7) is 11.9. The topological polar surface area (TPSA) is 12.0 Å². The van der Waals surface area contributed by atoms with Gasteiger partial charge in [-0.25, -0.2) is 0 Å². The maximum absolute atomic E-state index is 3.33. The standard InChI is InChI=1S/C20H43N/c1-7-17(2)11-8-12-18(3)13-9-14-19(4)15-10-16-20(5)21-6/h17-21H,7-16H2,1-6H3.